The Morgan fingerprint density at radius 2 is 1.54 bits per heavy atom. The number of carbonyl (C=O) groups is 1. The first-order valence-corrected chi connectivity index (χ1v) is 15.6. The quantitative estimate of drug-likeness (QED) is 0.232. The first kappa shape index (κ1) is 29.7. The second kappa shape index (κ2) is 13.3. The van der Waals surface area contributed by atoms with Crippen LogP contribution in [0, 0.1) is 0 Å². The van der Waals surface area contributed by atoms with Crippen LogP contribution in [0.2, 0.25) is 0 Å². The zero-order valence-corrected chi connectivity index (χ0v) is 25.5. The summed E-state index contributed by atoms with van der Waals surface area (Å²) in [5, 5.41) is 3.40. The van der Waals surface area contributed by atoms with Gasteiger partial charge in [0.25, 0.3) is 0 Å². The van der Waals surface area contributed by atoms with Crippen LogP contribution in [0.1, 0.15) is 117 Å². The Morgan fingerprint density at radius 1 is 0.892 bits per heavy atom. The lowest BCUT2D eigenvalue weighted by Crippen LogP contribution is -2.33. The lowest BCUT2D eigenvalue weighted by molar-refractivity contribution is -0.130. The van der Waals surface area contributed by atoms with Crippen molar-refractivity contribution < 1.29 is 4.79 Å². The van der Waals surface area contributed by atoms with Crippen molar-refractivity contribution in [1.29, 1.82) is 0 Å². The largest absolute Gasteiger partial charge is 0.348 e. The van der Waals surface area contributed by atoms with Crippen LogP contribution in [0.5, 0.6) is 0 Å². The molecule has 0 bridgehead atoms. The van der Waals surface area contributed by atoms with Crippen LogP contribution >= 0.6 is 11.3 Å². The van der Waals surface area contributed by atoms with Crippen molar-refractivity contribution >= 4 is 22.4 Å². The van der Waals surface area contributed by atoms with Gasteiger partial charge in [-0.1, -0.05) is 66.0 Å². The highest BCUT2D eigenvalue weighted by atomic mass is 32.1. The average molecular weight is 526 g/mol. The summed E-state index contributed by atoms with van der Waals surface area (Å²) in [5.74, 6) is 0.310. The molecule has 0 aliphatic heterocycles. The zero-order valence-electron chi connectivity index (χ0n) is 24.7. The van der Waals surface area contributed by atoms with Gasteiger partial charge in [0.2, 0.25) is 5.91 Å². The number of amides is 1. The van der Waals surface area contributed by atoms with E-state index >= 15 is 0 Å². The lowest BCUT2D eigenvalue weighted by Gasteiger charge is -2.42. The molecule has 5 heteroatoms. The van der Waals surface area contributed by atoms with E-state index in [0.717, 1.165) is 56.3 Å². The lowest BCUT2D eigenvalue weighted by atomic mass is 9.63. The summed E-state index contributed by atoms with van der Waals surface area (Å²) in [5.41, 5.74) is 5.83. The Kier molecular flexibility index (Phi) is 10.6. The first-order valence-electron chi connectivity index (χ1n) is 14.8. The molecule has 206 valence electrons. The van der Waals surface area contributed by atoms with Crippen LogP contribution in [-0.4, -0.2) is 42.0 Å². The van der Waals surface area contributed by atoms with Crippen molar-refractivity contribution in [2.45, 2.75) is 117 Å². The fourth-order valence-corrected chi connectivity index (χ4v) is 6.60. The fourth-order valence-electron chi connectivity index (χ4n) is 5.71. The third-order valence-corrected chi connectivity index (χ3v) is 9.24. The summed E-state index contributed by atoms with van der Waals surface area (Å²) in [6.45, 7) is 19.7. The van der Waals surface area contributed by atoms with Gasteiger partial charge in [0, 0.05) is 43.5 Å². The van der Waals surface area contributed by atoms with E-state index in [-0.39, 0.29) is 10.8 Å². The van der Waals surface area contributed by atoms with E-state index in [0.29, 0.717) is 12.3 Å². The maximum absolute atomic E-state index is 12.2. The molecule has 0 radical (unpaired) electrons. The molecule has 0 atom stereocenters. The molecule has 0 fully saturated rings. The van der Waals surface area contributed by atoms with Gasteiger partial charge in [-0.3, -0.25) is 4.79 Å². The van der Waals surface area contributed by atoms with Gasteiger partial charge in [-0.2, -0.15) is 0 Å². The Morgan fingerprint density at radius 3 is 2.22 bits per heavy atom. The second-order valence-corrected chi connectivity index (χ2v) is 13.0. The molecular weight excluding hydrogens is 474 g/mol. The Labute approximate surface area is 230 Å². The molecule has 0 saturated heterocycles. The molecule has 1 aromatic carbocycles. The molecule has 0 saturated carbocycles. The van der Waals surface area contributed by atoms with Crippen LogP contribution in [0.25, 0.3) is 11.3 Å². The molecule has 0 unspecified atom stereocenters. The van der Waals surface area contributed by atoms with Crippen molar-refractivity contribution in [3.63, 3.8) is 0 Å². The number of thiazole rings is 1. The van der Waals surface area contributed by atoms with Gasteiger partial charge < -0.3 is 9.80 Å². The van der Waals surface area contributed by atoms with E-state index in [1.807, 2.05) is 4.90 Å². The van der Waals surface area contributed by atoms with E-state index < -0.39 is 0 Å². The smallest absolute Gasteiger partial charge is 0.222 e. The highest BCUT2D eigenvalue weighted by Gasteiger charge is 2.37. The van der Waals surface area contributed by atoms with Crippen molar-refractivity contribution in [2.24, 2.45) is 0 Å². The van der Waals surface area contributed by atoms with E-state index in [2.05, 4.69) is 76.9 Å². The highest BCUT2D eigenvalue weighted by molar-refractivity contribution is 7.14. The Balaban J connectivity index is 1.55. The van der Waals surface area contributed by atoms with Crippen LogP contribution in [-0.2, 0) is 15.6 Å². The Bertz CT molecular complexity index is 1010. The molecule has 0 spiro atoms. The number of carbonyl (C=O) groups excluding carboxylic acids is 1. The Hall–Kier alpha value is -1.88. The maximum atomic E-state index is 12.2. The molecule has 0 N–H and O–H groups in total. The maximum Gasteiger partial charge on any atom is 0.222 e. The molecule has 1 amide bonds. The van der Waals surface area contributed by atoms with Gasteiger partial charge in [0.05, 0.1) is 5.69 Å². The van der Waals surface area contributed by atoms with Gasteiger partial charge >= 0.3 is 0 Å². The van der Waals surface area contributed by atoms with Gasteiger partial charge in [-0.15, -0.1) is 11.3 Å². The molecule has 1 aliphatic carbocycles. The molecule has 2 aromatic rings. The molecule has 1 aliphatic rings. The summed E-state index contributed by atoms with van der Waals surface area (Å²) >= 11 is 1.78. The van der Waals surface area contributed by atoms with E-state index in [1.165, 1.54) is 48.8 Å². The summed E-state index contributed by atoms with van der Waals surface area (Å²) in [7, 11) is 0. The third-order valence-electron chi connectivity index (χ3n) is 8.34. The molecule has 1 aromatic heterocycles. The predicted molar refractivity (Wildman–Crippen MR) is 161 cm³/mol. The second-order valence-electron chi connectivity index (χ2n) is 12.1. The SMILES string of the molecule is CCCN(CCCCCCCC(=O)N(CC)CC)c1nc(-c2ccc3c(c2)C(C)(C)CCC3(C)C)cs1. The number of rotatable bonds is 14. The van der Waals surface area contributed by atoms with Gasteiger partial charge in [0.15, 0.2) is 5.13 Å². The highest BCUT2D eigenvalue weighted by Crippen LogP contribution is 2.46. The van der Waals surface area contributed by atoms with E-state index in [4.69, 9.17) is 4.98 Å². The van der Waals surface area contributed by atoms with E-state index in [9.17, 15) is 4.79 Å². The number of aromatic nitrogens is 1. The third kappa shape index (κ3) is 7.59. The van der Waals surface area contributed by atoms with E-state index in [1.54, 1.807) is 11.3 Å². The van der Waals surface area contributed by atoms with Crippen LogP contribution in [0.4, 0.5) is 5.13 Å². The van der Waals surface area contributed by atoms with Crippen molar-refractivity contribution in [1.82, 2.24) is 9.88 Å². The summed E-state index contributed by atoms with van der Waals surface area (Å²) in [4.78, 5) is 21.7. The molecule has 37 heavy (non-hydrogen) atoms. The van der Waals surface area contributed by atoms with Crippen molar-refractivity contribution in [3.8, 4) is 11.3 Å². The van der Waals surface area contributed by atoms with Crippen molar-refractivity contribution in [2.75, 3.05) is 31.1 Å². The zero-order chi connectivity index (χ0) is 27.1. The summed E-state index contributed by atoms with van der Waals surface area (Å²) < 4.78 is 0. The van der Waals surface area contributed by atoms with Crippen molar-refractivity contribution in [3.05, 3.63) is 34.7 Å². The first-order chi connectivity index (χ1) is 17.6. The topological polar surface area (TPSA) is 36.4 Å². The number of unbranched alkanes of at least 4 members (excludes halogenated alkanes) is 4. The minimum absolute atomic E-state index is 0.215. The number of benzene rings is 1. The average Bonchev–Trinajstić information content (AvgIpc) is 3.36. The monoisotopic (exact) mass is 525 g/mol. The van der Waals surface area contributed by atoms with Crippen LogP contribution in [0.15, 0.2) is 23.6 Å². The molecular formula is C32H51N3OS. The number of hydrogen-bond donors (Lipinski definition) is 0. The van der Waals surface area contributed by atoms with Gasteiger partial charge in [0.1, 0.15) is 0 Å². The predicted octanol–water partition coefficient (Wildman–Crippen LogP) is 8.58. The molecule has 1 heterocycles. The standard InChI is InChI=1S/C32H51N3OS/c1-8-21-35(22-15-13-11-12-14-16-29(36)34(9-2)10-3)30-33-28(24-37-30)25-17-18-26-27(23-25)32(6,7)20-19-31(26,4)5/h17-18,23-24H,8-16,19-22H2,1-7H3. The molecule has 3 rings (SSSR count). The number of anilines is 1. The fraction of sp³-hybridized carbons (Fsp3) is 0.688. The number of nitrogens with zero attached hydrogens (tertiary/aromatic N) is 3. The van der Waals surface area contributed by atoms with Crippen LogP contribution in [0.3, 0.4) is 0 Å². The van der Waals surface area contributed by atoms with Crippen LogP contribution < -0.4 is 4.90 Å². The minimum atomic E-state index is 0.215. The van der Waals surface area contributed by atoms with Gasteiger partial charge in [-0.05, 0) is 74.0 Å². The molecule has 4 nitrogen and oxygen atoms in total. The minimum Gasteiger partial charge on any atom is -0.348 e. The van der Waals surface area contributed by atoms with Gasteiger partial charge in [-0.25, -0.2) is 4.98 Å². The normalized spacial score (nSPS) is 15.9. The number of fused-ring (bicyclic) bond motifs is 1. The summed E-state index contributed by atoms with van der Waals surface area (Å²) in [6.07, 6.45) is 10.1. The number of hydrogen-bond acceptors (Lipinski definition) is 4. The summed E-state index contributed by atoms with van der Waals surface area (Å²) in [6, 6.07) is 7.07.